The Kier molecular flexibility index (Phi) is 69.3. The number of phosphoric ester groups is 2. The average Bonchev–Trinajstić information content (AvgIpc) is 1.38. The van der Waals surface area contributed by atoms with Crippen LogP contribution in [0.25, 0.3) is 0 Å². The molecule has 0 aromatic rings. The molecule has 17 nitrogen and oxygen atoms in total. The summed E-state index contributed by atoms with van der Waals surface area (Å²) in [7, 11) is -9.91. The number of hydrogen-bond acceptors (Lipinski definition) is 15. The first kappa shape index (κ1) is 96.1. The van der Waals surface area contributed by atoms with Crippen molar-refractivity contribution in [3.8, 4) is 0 Å². The molecule has 5 atom stereocenters. The van der Waals surface area contributed by atoms with Crippen molar-refractivity contribution >= 4 is 39.5 Å². The number of carbonyl (C=O) groups excluding carboxylic acids is 4. The Morgan fingerprint density at radius 2 is 0.469 bits per heavy atom. The maximum absolute atomic E-state index is 13.1. The molecule has 98 heavy (non-hydrogen) atoms. The number of aliphatic hydroxyl groups is 1. The van der Waals surface area contributed by atoms with Crippen molar-refractivity contribution in [3.63, 3.8) is 0 Å². The van der Waals surface area contributed by atoms with Crippen LogP contribution in [0.1, 0.15) is 414 Å². The third-order valence-corrected chi connectivity index (χ3v) is 20.4. The molecule has 0 aliphatic heterocycles. The van der Waals surface area contributed by atoms with Gasteiger partial charge in [0.15, 0.2) is 12.2 Å². The topological polar surface area (TPSA) is 237 Å². The van der Waals surface area contributed by atoms with Crippen molar-refractivity contribution in [3.05, 3.63) is 0 Å². The standard InChI is InChI=1S/C79H154O17P2/c1-7-9-11-13-15-17-18-19-20-21-22-23-24-25-26-27-32-39-45-51-57-63-78(83)95-75(68-90-77(82)62-56-50-44-38-31-29-28-30-36-41-47-53-59-71(3)4)70-94-98(87,88)92-66-73(80)65-91-97(85,86)93-69-74(67-89-76(81)61-55-49-43-35-16-14-12-10-8-2)96-79(84)64-58-52-46-40-34-33-37-42-48-54-60-72(5)6/h71-75,80H,7-70H2,1-6H3,(H,85,86)(H,87,88)/t73-,74+,75+/m0/s1. The summed E-state index contributed by atoms with van der Waals surface area (Å²) in [5, 5.41) is 10.6. The van der Waals surface area contributed by atoms with Crippen molar-refractivity contribution in [2.75, 3.05) is 39.6 Å². The number of hydrogen-bond donors (Lipinski definition) is 3. The lowest BCUT2D eigenvalue weighted by Crippen LogP contribution is -2.30. The molecule has 0 amide bonds. The molecule has 0 saturated carbocycles. The van der Waals surface area contributed by atoms with E-state index in [1.54, 1.807) is 0 Å². The van der Waals surface area contributed by atoms with Gasteiger partial charge >= 0.3 is 39.5 Å². The molecule has 2 unspecified atom stereocenters. The van der Waals surface area contributed by atoms with Crippen molar-refractivity contribution in [2.45, 2.75) is 432 Å². The molecule has 0 bridgehead atoms. The summed E-state index contributed by atoms with van der Waals surface area (Å²) in [6.07, 6.45) is 59.8. The lowest BCUT2D eigenvalue weighted by Gasteiger charge is -2.21. The van der Waals surface area contributed by atoms with E-state index >= 15 is 0 Å². The Bertz CT molecular complexity index is 1890. The first-order valence-corrected chi connectivity index (χ1v) is 44.0. The summed E-state index contributed by atoms with van der Waals surface area (Å²) in [6.45, 7) is 9.60. The Labute approximate surface area is 600 Å². The maximum atomic E-state index is 13.1. The zero-order valence-electron chi connectivity index (χ0n) is 64.1. The van der Waals surface area contributed by atoms with Gasteiger partial charge in [-0.3, -0.25) is 37.3 Å². The van der Waals surface area contributed by atoms with Crippen molar-refractivity contribution < 1.29 is 80.2 Å². The largest absolute Gasteiger partial charge is 0.472 e. The number of rotatable bonds is 78. The van der Waals surface area contributed by atoms with Crippen molar-refractivity contribution in [2.24, 2.45) is 11.8 Å². The molecular weight excluding hydrogens is 1280 g/mol. The fraction of sp³-hybridized carbons (Fsp3) is 0.949. The predicted octanol–water partition coefficient (Wildman–Crippen LogP) is 23.5. The number of ether oxygens (including phenoxy) is 4. The van der Waals surface area contributed by atoms with Crippen LogP contribution in [0.15, 0.2) is 0 Å². The summed E-state index contributed by atoms with van der Waals surface area (Å²) < 4.78 is 68.6. The highest BCUT2D eigenvalue weighted by Gasteiger charge is 2.30. The van der Waals surface area contributed by atoms with E-state index in [0.717, 1.165) is 102 Å². The van der Waals surface area contributed by atoms with Gasteiger partial charge in [0.2, 0.25) is 0 Å². The third-order valence-electron chi connectivity index (χ3n) is 18.5. The molecule has 582 valence electrons. The maximum Gasteiger partial charge on any atom is 0.472 e. The number of aliphatic hydroxyl groups excluding tert-OH is 1. The molecule has 0 fully saturated rings. The second kappa shape index (κ2) is 70.7. The second-order valence-corrected chi connectivity index (χ2v) is 32.3. The van der Waals surface area contributed by atoms with Crippen LogP contribution in [0.5, 0.6) is 0 Å². The summed E-state index contributed by atoms with van der Waals surface area (Å²) in [4.78, 5) is 72.9. The smallest absolute Gasteiger partial charge is 0.462 e. The Hall–Kier alpha value is -1.94. The van der Waals surface area contributed by atoms with E-state index in [9.17, 15) is 43.2 Å². The zero-order valence-corrected chi connectivity index (χ0v) is 65.9. The van der Waals surface area contributed by atoms with Crippen molar-refractivity contribution in [1.82, 2.24) is 0 Å². The minimum absolute atomic E-state index is 0.106. The van der Waals surface area contributed by atoms with E-state index in [1.807, 2.05) is 0 Å². The highest BCUT2D eigenvalue weighted by Crippen LogP contribution is 2.45. The highest BCUT2D eigenvalue weighted by atomic mass is 31.2. The molecule has 0 spiro atoms. The Balaban J connectivity index is 5.20. The molecule has 0 heterocycles. The summed E-state index contributed by atoms with van der Waals surface area (Å²) in [5.41, 5.74) is 0. The average molecular weight is 1440 g/mol. The van der Waals surface area contributed by atoms with Crippen LogP contribution in [-0.2, 0) is 65.4 Å². The summed E-state index contributed by atoms with van der Waals surface area (Å²) in [6, 6.07) is 0. The minimum atomic E-state index is -4.96. The molecule has 0 aliphatic carbocycles. The second-order valence-electron chi connectivity index (χ2n) is 29.4. The van der Waals surface area contributed by atoms with Crippen LogP contribution < -0.4 is 0 Å². The van der Waals surface area contributed by atoms with E-state index in [-0.39, 0.29) is 25.7 Å². The number of phosphoric acid groups is 2. The van der Waals surface area contributed by atoms with Gasteiger partial charge in [-0.2, -0.15) is 0 Å². The molecule has 3 N–H and O–H groups in total. The lowest BCUT2D eigenvalue weighted by molar-refractivity contribution is -0.161. The van der Waals surface area contributed by atoms with Gasteiger partial charge in [-0.05, 0) is 37.5 Å². The van der Waals surface area contributed by atoms with Crippen LogP contribution in [0.2, 0.25) is 0 Å². The summed E-state index contributed by atoms with van der Waals surface area (Å²) in [5.74, 6) is -0.580. The number of carbonyl (C=O) groups is 4. The SMILES string of the molecule is CCCCCCCCCCCCCCCCCCCCCCCC(=O)O[C@H](COC(=O)CCCCCCCCCCCCCCC(C)C)COP(=O)(O)OC[C@@H](O)COP(=O)(O)OC[C@@H](COC(=O)CCCCCCCCCCC)OC(=O)CCCCCCCCCCCCC(C)C. The quantitative estimate of drug-likeness (QED) is 0.0222. The fourth-order valence-electron chi connectivity index (χ4n) is 12.2. The van der Waals surface area contributed by atoms with Gasteiger partial charge in [0.25, 0.3) is 0 Å². The molecule has 0 aliphatic rings. The first-order chi connectivity index (χ1) is 47.4. The summed E-state index contributed by atoms with van der Waals surface area (Å²) >= 11 is 0. The van der Waals surface area contributed by atoms with Crippen LogP contribution in [0.4, 0.5) is 0 Å². The first-order valence-electron chi connectivity index (χ1n) is 41.0. The highest BCUT2D eigenvalue weighted by molar-refractivity contribution is 7.47. The van der Waals surface area contributed by atoms with E-state index < -0.39 is 97.5 Å². The van der Waals surface area contributed by atoms with E-state index in [4.69, 9.17) is 37.0 Å². The number of esters is 4. The molecule has 0 rings (SSSR count). The van der Waals surface area contributed by atoms with E-state index in [0.29, 0.717) is 25.7 Å². The van der Waals surface area contributed by atoms with Gasteiger partial charge in [0.05, 0.1) is 26.4 Å². The van der Waals surface area contributed by atoms with Gasteiger partial charge in [-0.25, -0.2) is 9.13 Å². The normalized spacial score (nSPS) is 13.9. The number of unbranched alkanes of at least 4 members (excludes halogenated alkanes) is 48. The van der Waals surface area contributed by atoms with E-state index in [1.165, 1.54) is 231 Å². The molecule has 0 aromatic carbocycles. The van der Waals surface area contributed by atoms with Crippen LogP contribution in [-0.4, -0.2) is 96.7 Å². The third kappa shape index (κ3) is 72.4. The Morgan fingerprint density at radius 1 is 0.276 bits per heavy atom. The van der Waals surface area contributed by atoms with Gasteiger partial charge in [0, 0.05) is 25.7 Å². The van der Waals surface area contributed by atoms with Crippen LogP contribution in [0, 0.1) is 11.8 Å². The molecule has 0 saturated heterocycles. The van der Waals surface area contributed by atoms with Crippen LogP contribution >= 0.6 is 15.6 Å². The van der Waals surface area contributed by atoms with Crippen LogP contribution in [0.3, 0.4) is 0 Å². The van der Waals surface area contributed by atoms with Gasteiger partial charge in [-0.1, -0.05) is 363 Å². The lowest BCUT2D eigenvalue weighted by atomic mass is 10.0. The van der Waals surface area contributed by atoms with Gasteiger partial charge in [-0.15, -0.1) is 0 Å². The Morgan fingerprint density at radius 3 is 0.694 bits per heavy atom. The fourth-order valence-corrected chi connectivity index (χ4v) is 13.8. The van der Waals surface area contributed by atoms with E-state index in [2.05, 4.69) is 41.5 Å². The predicted molar refractivity (Wildman–Crippen MR) is 400 cm³/mol. The van der Waals surface area contributed by atoms with Gasteiger partial charge in [0.1, 0.15) is 19.3 Å². The minimum Gasteiger partial charge on any atom is -0.462 e. The molecule has 0 aromatic heterocycles. The van der Waals surface area contributed by atoms with Gasteiger partial charge < -0.3 is 33.8 Å². The zero-order chi connectivity index (χ0) is 72.1. The molecule has 19 heteroatoms. The molecule has 0 radical (unpaired) electrons. The van der Waals surface area contributed by atoms with Crippen molar-refractivity contribution in [1.29, 1.82) is 0 Å². The molecular formula is C79H154O17P2. The monoisotopic (exact) mass is 1440 g/mol.